The molecule has 2 nitrogen and oxygen atoms in total. The van der Waals surface area contributed by atoms with Crippen molar-refractivity contribution >= 4 is 28.9 Å². The number of furan rings is 1. The number of rotatable bonds is 3. The van der Waals surface area contributed by atoms with Gasteiger partial charge >= 0.3 is 0 Å². The standard InChI is InChI=1S/C12H11ClO2/c1-2-3-8-4-9-6-10(7-14)15-12(9)11(13)5-8/h4-7H,2-3H2,1H3. The number of hydrogen-bond acceptors (Lipinski definition) is 2. The summed E-state index contributed by atoms with van der Waals surface area (Å²) in [7, 11) is 0. The molecule has 0 amide bonds. The van der Waals surface area contributed by atoms with Crippen LogP contribution in [0.2, 0.25) is 5.02 Å². The minimum absolute atomic E-state index is 0.320. The Morgan fingerprint density at radius 3 is 2.87 bits per heavy atom. The normalized spacial score (nSPS) is 10.8. The van der Waals surface area contributed by atoms with Gasteiger partial charge in [-0.3, -0.25) is 4.79 Å². The van der Waals surface area contributed by atoms with Crippen LogP contribution in [0.15, 0.2) is 22.6 Å². The summed E-state index contributed by atoms with van der Waals surface area (Å²) < 4.78 is 5.28. The van der Waals surface area contributed by atoms with Crippen LogP contribution in [0, 0.1) is 0 Å². The number of carbonyl (C=O) groups is 1. The summed E-state index contributed by atoms with van der Waals surface area (Å²) in [6.45, 7) is 2.12. The Kier molecular flexibility index (Phi) is 2.78. The Hall–Kier alpha value is -1.28. The van der Waals surface area contributed by atoms with E-state index in [1.807, 2.05) is 12.1 Å². The summed E-state index contributed by atoms with van der Waals surface area (Å²) in [5.41, 5.74) is 1.77. The van der Waals surface area contributed by atoms with Crippen LogP contribution in [0.3, 0.4) is 0 Å². The van der Waals surface area contributed by atoms with Gasteiger partial charge in [0.1, 0.15) is 0 Å². The molecule has 78 valence electrons. The summed E-state index contributed by atoms with van der Waals surface area (Å²) in [5.74, 6) is 0.320. The van der Waals surface area contributed by atoms with Gasteiger partial charge in [-0.2, -0.15) is 0 Å². The van der Waals surface area contributed by atoms with Gasteiger partial charge in [0.2, 0.25) is 0 Å². The molecule has 15 heavy (non-hydrogen) atoms. The third-order valence-electron chi connectivity index (χ3n) is 2.30. The Balaban J connectivity index is 2.59. The predicted octanol–water partition coefficient (Wildman–Crippen LogP) is 3.85. The molecule has 0 fully saturated rings. The van der Waals surface area contributed by atoms with E-state index in [-0.39, 0.29) is 0 Å². The first-order chi connectivity index (χ1) is 7.24. The lowest BCUT2D eigenvalue weighted by Crippen LogP contribution is -1.82. The predicted molar refractivity (Wildman–Crippen MR) is 60.6 cm³/mol. The van der Waals surface area contributed by atoms with Gasteiger partial charge in [-0.15, -0.1) is 0 Å². The molecule has 0 radical (unpaired) electrons. The smallest absolute Gasteiger partial charge is 0.185 e. The van der Waals surface area contributed by atoms with E-state index in [0.717, 1.165) is 18.2 Å². The fourth-order valence-electron chi connectivity index (χ4n) is 1.68. The van der Waals surface area contributed by atoms with E-state index in [1.54, 1.807) is 6.07 Å². The van der Waals surface area contributed by atoms with Crippen molar-refractivity contribution < 1.29 is 9.21 Å². The van der Waals surface area contributed by atoms with Crippen LogP contribution in [0.1, 0.15) is 29.5 Å². The highest BCUT2D eigenvalue weighted by atomic mass is 35.5. The maximum atomic E-state index is 10.6. The molecule has 1 aromatic heterocycles. The van der Waals surface area contributed by atoms with E-state index in [9.17, 15) is 4.79 Å². The fraction of sp³-hybridized carbons (Fsp3) is 0.250. The highest BCUT2D eigenvalue weighted by Gasteiger charge is 2.08. The minimum atomic E-state index is 0.320. The number of halogens is 1. The van der Waals surface area contributed by atoms with E-state index in [0.29, 0.717) is 22.7 Å². The highest BCUT2D eigenvalue weighted by Crippen LogP contribution is 2.28. The van der Waals surface area contributed by atoms with Crippen molar-refractivity contribution in [3.05, 3.63) is 34.5 Å². The number of aldehydes is 1. The lowest BCUT2D eigenvalue weighted by atomic mass is 10.1. The van der Waals surface area contributed by atoms with Gasteiger partial charge in [-0.1, -0.05) is 24.9 Å². The Morgan fingerprint density at radius 1 is 1.40 bits per heavy atom. The van der Waals surface area contributed by atoms with Gasteiger partial charge in [-0.05, 0) is 30.2 Å². The zero-order chi connectivity index (χ0) is 10.8. The first-order valence-corrected chi connectivity index (χ1v) is 5.29. The van der Waals surface area contributed by atoms with E-state index in [2.05, 4.69) is 6.92 Å². The monoisotopic (exact) mass is 222 g/mol. The van der Waals surface area contributed by atoms with Crippen molar-refractivity contribution in [3.63, 3.8) is 0 Å². The Bertz CT molecular complexity index is 500. The molecule has 2 aromatic rings. The lowest BCUT2D eigenvalue weighted by molar-refractivity contribution is 0.110. The van der Waals surface area contributed by atoms with Gasteiger partial charge in [0.15, 0.2) is 17.6 Å². The summed E-state index contributed by atoms with van der Waals surface area (Å²) in [6.07, 6.45) is 2.74. The van der Waals surface area contributed by atoms with Crippen LogP contribution < -0.4 is 0 Å². The van der Waals surface area contributed by atoms with E-state index in [1.165, 1.54) is 5.56 Å². The fourth-order valence-corrected chi connectivity index (χ4v) is 1.97. The first-order valence-electron chi connectivity index (χ1n) is 4.91. The number of benzene rings is 1. The zero-order valence-corrected chi connectivity index (χ0v) is 9.17. The van der Waals surface area contributed by atoms with Crippen molar-refractivity contribution in [1.29, 1.82) is 0 Å². The summed E-state index contributed by atoms with van der Waals surface area (Å²) >= 11 is 6.06. The van der Waals surface area contributed by atoms with Gasteiger partial charge in [0, 0.05) is 5.39 Å². The summed E-state index contributed by atoms with van der Waals surface area (Å²) in [6, 6.07) is 5.63. The number of hydrogen-bond donors (Lipinski definition) is 0. The molecule has 0 aliphatic carbocycles. The van der Waals surface area contributed by atoms with Crippen molar-refractivity contribution in [3.8, 4) is 0 Å². The van der Waals surface area contributed by atoms with Crippen molar-refractivity contribution in [2.45, 2.75) is 19.8 Å². The molecule has 0 N–H and O–H groups in total. The highest BCUT2D eigenvalue weighted by molar-refractivity contribution is 6.35. The average Bonchev–Trinajstić information content (AvgIpc) is 2.62. The SMILES string of the molecule is CCCc1cc(Cl)c2oc(C=O)cc2c1. The second-order valence-corrected chi connectivity index (χ2v) is 3.92. The maximum absolute atomic E-state index is 10.6. The second-order valence-electron chi connectivity index (χ2n) is 3.51. The van der Waals surface area contributed by atoms with Crippen LogP contribution in [0.4, 0.5) is 0 Å². The molecule has 0 saturated carbocycles. The number of fused-ring (bicyclic) bond motifs is 1. The van der Waals surface area contributed by atoms with Crippen molar-refractivity contribution in [2.24, 2.45) is 0 Å². The molecule has 0 unspecified atom stereocenters. The molecule has 0 saturated heterocycles. The zero-order valence-electron chi connectivity index (χ0n) is 8.42. The van der Waals surface area contributed by atoms with Crippen LogP contribution in [0.5, 0.6) is 0 Å². The van der Waals surface area contributed by atoms with E-state index in [4.69, 9.17) is 16.0 Å². The molecule has 0 aliphatic rings. The minimum Gasteiger partial charge on any atom is -0.452 e. The van der Waals surface area contributed by atoms with Crippen LogP contribution in [-0.4, -0.2) is 6.29 Å². The molecule has 0 bridgehead atoms. The maximum Gasteiger partial charge on any atom is 0.185 e. The van der Waals surface area contributed by atoms with E-state index < -0.39 is 0 Å². The van der Waals surface area contributed by atoms with Crippen molar-refractivity contribution in [1.82, 2.24) is 0 Å². The summed E-state index contributed by atoms with van der Waals surface area (Å²) in [4.78, 5) is 10.6. The molecule has 0 aliphatic heterocycles. The van der Waals surface area contributed by atoms with E-state index >= 15 is 0 Å². The third kappa shape index (κ3) is 1.90. The number of carbonyl (C=O) groups excluding carboxylic acids is 1. The van der Waals surface area contributed by atoms with Crippen LogP contribution >= 0.6 is 11.6 Å². The molecule has 1 aromatic carbocycles. The quantitative estimate of drug-likeness (QED) is 0.739. The van der Waals surface area contributed by atoms with Gasteiger partial charge in [0.05, 0.1) is 5.02 Å². The lowest BCUT2D eigenvalue weighted by Gasteiger charge is -1.99. The average molecular weight is 223 g/mol. The molecule has 1 heterocycles. The second kappa shape index (κ2) is 4.07. The third-order valence-corrected chi connectivity index (χ3v) is 2.59. The largest absolute Gasteiger partial charge is 0.452 e. The van der Waals surface area contributed by atoms with Gasteiger partial charge in [-0.25, -0.2) is 0 Å². The molecule has 2 rings (SSSR count). The Labute approximate surface area is 92.8 Å². The van der Waals surface area contributed by atoms with Crippen LogP contribution in [-0.2, 0) is 6.42 Å². The molecular formula is C12H11ClO2. The molecule has 3 heteroatoms. The van der Waals surface area contributed by atoms with Gasteiger partial charge in [0.25, 0.3) is 0 Å². The van der Waals surface area contributed by atoms with Crippen LogP contribution in [0.25, 0.3) is 11.0 Å². The molecule has 0 spiro atoms. The van der Waals surface area contributed by atoms with Gasteiger partial charge < -0.3 is 4.42 Å². The topological polar surface area (TPSA) is 30.2 Å². The Morgan fingerprint density at radius 2 is 2.20 bits per heavy atom. The van der Waals surface area contributed by atoms with Crippen molar-refractivity contribution in [2.75, 3.05) is 0 Å². The number of aryl methyl sites for hydroxylation is 1. The molecular weight excluding hydrogens is 212 g/mol. The summed E-state index contributed by atoms with van der Waals surface area (Å²) in [5, 5.41) is 1.47. The first kappa shape index (κ1) is 10.2. The molecule has 0 atom stereocenters.